The third-order valence-corrected chi connectivity index (χ3v) is 4.79. The number of ether oxygens (including phenoxy) is 1. The van der Waals surface area contributed by atoms with Gasteiger partial charge in [0.15, 0.2) is 5.82 Å². The van der Waals surface area contributed by atoms with E-state index in [4.69, 9.17) is 0 Å². The summed E-state index contributed by atoms with van der Waals surface area (Å²) < 4.78 is 157. The molecule has 0 heterocycles. The zero-order valence-electron chi connectivity index (χ0n) is 17.1. The molecule has 0 amide bonds. The number of aryl methyl sites for hydroxylation is 1. The van der Waals surface area contributed by atoms with Crippen LogP contribution >= 0.6 is 0 Å². The maximum atomic E-state index is 15.0. The smallest absolute Gasteiger partial charge is 0.432 e. The van der Waals surface area contributed by atoms with Crippen LogP contribution in [0.1, 0.15) is 23.6 Å². The van der Waals surface area contributed by atoms with E-state index in [1.165, 1.54) is 6.92 Å². The molecule has 13 heteroatoms. The SMILES string of the molecule is CCc1cc(F)c(-c2c(O)cc(F)c(C(F)(F)Oc3cc(F)c(C(F)(F)F)c(F)c3)c2F)c(F)c1. The van der Waals surface area contributed by atoms with Crippen LogP contribution in [0, 0.1) is 34.9 Å². The predicted octanol–water partition coefficient (Wildman–Crippen LogP) is 7.60. The number of aromatic hydroxyl groups is 1. The third-order valence-electron chi connectivity index (χ3n) is 4.79. The topological polar surface area (TPSA) is 29.5 Å². The van der Waals surface area contributed by atoms with E-state index in [0.29, 0.717) is 12.1 Å². The predicted molar refractivity (Wildman–Crippen MR) is 98.6 cm³/mol. The van der Waals surface area contributed by atoms with E-state index in [9.17, 15) is 49.0 Å². The van der Waals surface area contributed by atoms with Crippen LogP contribution in [0.2, 0.25) is 0 Å². The Kier molecular flexibility index (Phi) is 6.66. The molecular weight excluding hydrogens is 505 g/mol. The first-order valence-electron chi connectivity index (χ1n) is 9.41. The minimum absolute atomic E-state index is 0.0750. The molecule has 0 saturated heterocycles. The van der Waals surface area contributed by atoms with Crippen LogP contribution < -0.4 is 4.74 Å². The molecular formula is C22H11F11O2. The molecule has 0 atom stereocenters. The van der Waals surface area contributed by atoms with Crippen LogP contribution in [0.4, 0.5) is 48.3 Å². The number of phenolic OH excluding ortho intramolecular Hbond substituents is 1. The first-order chi connectivity index (χ1) is 16.1. The molecule has 0 saturated carbocycles. The molecule has 0 aromatic heterocycles. The molecule has 0 fully saturated rings. The van der Waals surface area contributed by atoms with E-state index >= 15 is 4.39 Å². The van der Waals surface area contributed by atoms with Crippen molar-refractivity contribution in [2.24, 2.45) is 0 Å². The Morgan fingerprint density at radius 2 is 1.17 bits per heavy atom. The van der Waals surface area contributed by atoms with Gasteiger partial charge in [-0.05, 0) is 24.1 Å². The van der Waals surface area contributed by atoms with Gasteiger partial charge in [-0.1, -0.05) is 6.92 Å². The van der Waals surface area contributed by atoms with Gasteiger partial charge in [-0.2, -0.15) is 22.0 Å². The fourth-order valence-corrected chi connectivity index (χ4v) is 3.26. The fourth-order valence-electron chi connectivity index (χ4n) is 3.26. The molecule has 0 bridgehead atoms. The summed E-state index contributed by atoms with van der Waals surface area (Å²) >= 11 is 0. The molecule has 3 aromatic rings. The van der Waals surface area contributed by atoms with Gasteiger partial charge in [0, 0.05) is 18.2 Å². The second-order valence-corrected chi connectivity index (χ2v) is 7.11. The quantitative estimate of drug-likeness (QED) is 0.354. The number of rotatable bonds is 5. The highest BCUT2D eigenvalue weighted by molar-refractivity contribution is 5.73. The standard InChI is InChI=1S/C22H11F11O2/c1-2-8-3-10(23)16(11(24)4-8)17-15(34)7-14(27)19(20(17)28)22(32,33)35-9-5-12(25)18(13(26)6-9)21(29,30)31/h3-7,34H,2H2,1H3. The Labute approximate surface area is 189 Å². The average Bonchev–Trinajstić information content (AvgIpc) is 2.66. The van der Waals surface area contributed by atoms with Gasteiger partial charge in [0.1, 0.15) is 51.7 Å². The molecule has 2 nitrogen and oxygen atoms in total. The van der Waals surface area contributed by atoms with Gasteiger partial charge < -0.3 is 9.84 Å². The van der Waals surface area contributed by atoms with Crippen LogP contribution in [0.15, 0.2) is 30.3 Å². The summed E-state index contributed by atoms with van der Waals surface area (Å²) in [7, 11) is 0. The van der Waals surface area contributed by atoms with Crippen LogP contribution in [-0.2, 0) is 18.7 Å². The Morgan fingerprint density at radius 1 is 0.686 bits per heavy atom. The third kappa shape index (κ3) is 4.84. The molecule has 3 aromatic carbocycles. The van der Waals surface area contributed by atoms with E-state index in [-0.39, 0.29) is 30.2 Å². The Morgan fingerprint density at radius 3 is 1.63 bits per heavy atom. The Bertz CT molecular complexity index is 1250. The molecule has 3 rings (SSSR count). The first kappa shape index (κ1) is 26.1. The summed E-state index contributed by atoms with van der Waals surface area (Å²) in [5, 5.41) is 9.86. The van der Waals surface area contributed by atoms with Crippen molar-refractivity contribution in [2.45, 2.75) is 25.6 Å². The molecule has 188 valence electrons. The van der Waals surface area contributed by atoms with Gasteiger partial charge in [-0.25, -0.2) is 26.3 Å². The second-order valence-electron chi connectivity index (χ2n) is 7.11. The van der Waals surface area contributed by atoms with Crippen molar-refractivity contribution in [1.29, 1.82) is 0 Å². The van der Waals surface area contributed by atoms with Gasteiger partial charge in [0.05, 0.1) is 11.1 Å². The lowest BCUT2D eigenvalue weighted by molar-refractivity contribution is -0.189. The molecule has 0 unspecified atom stereocenters. The normalized spacial score (nSPS) is 12.2. The summed E-state index contributed by atoms with van der Waals surface area (Å²) in [6.45, 7) is 1.51. The highest BCUT2D eigenvalue weighted by Gasteiger charge is 2.44. The molecule has 35 heavy (non-hydrogen) atoms. The molecule has 0 radical (unpaired) electrons. The lowest BCUT2D eigenvalue weighted by atomic mass is 9.97. The second kappa shape index (κ2) is 8.93. The monoisotopic (exact) mass is 516 g/mol. The number of phenols is 1. The van der Waals surface area contributed by atoms with Crippen molar-refractivity contribution in [1.82, 2.24) is 0 Å². The van der Waals surface area contributed by atoms with Gasteiger partial charge in [-0.15, -0.1) is 0 Å². The number of hydrogen-bond acceptors (Lipinski definition) is 2. The van der Waals surface area contributed by atoms with Crippen molar-refractivity contribution in [2.75, 3.05) is 0 Å². The number of halogens is 11. The number of hydrogen-bond donors (Lipinski definition) is 1. The minimum atomic E-state index is -5.54. The summed E-state index contributed by atoms with van der Waals surface area (Å²) in [6, 6.07) is 0.691. The lowest BCUT2D eigenvalue weighted by Gasteiger charge is -2.22. The molecule has 0 aliphatic carbocycles. The summed E-state index contributed by atoms with van der Waals surface area (Å²) in [5.41, 5.74) is -7.55. The van der Waals surface area contributed by atoms with Crippen molar-refractivity contribution < 1.29 is 58.1 Å². The first-order valence-corrected chi connectivity index (χ1v) is 9.41. The Balaban J connectivity index is 2.16. The maximum Gasteiger partial charge on any atom is 0.432 e. The van der Waals surface area contributed by atoms with Crippen molar-refractivity contribution in [3.05, 3.63) is 81.9 Å². The lowest BCUT2D eigenvalue weighted by Crippen LogP contribution is -2.26. The minimum Gasteiger partial charge on any atom is -0.507 e. The van der Waals surface area contributed by atoms with Crippen molar-refractivity contribution in [3.63, 3.8) is 0 Å². The molecule has 0 spiro atoms. The van der Waals surface area contributed by atoms with E-state index in [1.807, 2.05) is 0 Å². The number of benzene rings is 3. The van der Waals surface area contributed by atoms with Crippen LogP contribution in [0.25, 0.3) is 11.1 Å². The van der Waals surface area contributed by atoms with Gasteiger partial charge in [0.2, 0.25) is 0 Å². The van der Waals surface area contributed by atoms with Gasteiger partial charge in [-0.3, -0.25) is 0 Å². The van der Waals surface area contributed by atoms with Gasteiger partial charge >= 0.3 is 12.3 Å². The van der Waals surface area contributed by atoms with Crippen LogP contribution in [0.5, 0.6) is 11.5 Å². The largest absolute Gasteiger partial charge is 0.507 e. The maximum absolute atomic E-state index is 15.0. The summed E-state index contributed by atoms with van der Waals surface area (Å²) in [5.74, 6) is -15.4. The zero-order valence-corrected chi connectivity index (χ0v) is 17.1. The van der Waals surface area contributed by atoms with Gasteiger partial charge in [0.25, 0.3) is 0 Å². The van der Waals surface area contributed by atoms with E-state index in [0.717, 1.165) is 0 Å². The van der Waals surface area contributed by atoms with Crippen LogP contribution in [0.3, 0.4) is 0 Å². The van der Waals surface area contributed by atoms with E-state index in [2.05, 4.69) is 4.74 Å². The average molecular weight is 516 g/mol. The molecule has 1 N–H and O–H groups in total. The van der Waals surface area contributed by atoms with E-state index in [1.54, 1.807) is 0 Å². The number of alkyl halides is 5. The Hall–Kier alpha value is -3.51. The molecule has 0 aliphatic rings. The zero-order chi connectivity index (χ0) is 26.5. The van der Waals surface area contributed by atoms with E-state index < -0.39 is 80.9 Å². The summed E-state index contributed by atoms with van der Waals surface area (Å²) in [4.78, 5) is 0. The van der Waals surface area contributed by atoms with Crippen molar-refractivity contribution >= 4 is 0 Å². The summed E-state index contributed by atoms with van der Waals surface area (Å²) in [6.07, 6.45) is -10.6. The fraction of sp³-hybridized carbons (Fsp3) is 0.182. The highest BCUT2D eigenvalue weighted by Crippen LogP contribution is 2.44. The molecule has 0 aliphatic heterocycles. The van der Waals surface area contributed by atoms with Crippen molar-refractivity contribution in [3.8, 4) is 22.6 Å². The van der Waals surface area contributed by atoms with Crippen LogP contribution in [-0.4, -0.2) is 5.11 Å². The highest BCUT2D eigenvalue weighted by atomic mass is 19.4.